The Morgan fingerprint density at radius 1 is 1.22 bits per heavy atom. The molecular formula is C18H29N3OS. The summed E-state index contributed by atoms with van der Waals surface area (Å²) in [4.78, 5) is 21.3. The van der Waals surface area contributed by atoms with Crippen molar-refractivity contribution in [3.8, 4) is 0 Å². The standard InChI is InChI=1S/C18H29N3OS/c1-11-7-6-8-16(12(11)2)21-17(22)10-9-15-13(3)19-18(23-5)20-14(15)4/h11-12,16H,6-10H2,1-5H3,(H,21,22). The molecule has 1 aliphatic carbocycles. The fourth-order valence-corrected chi connectivity index (χ4v) is 3.92. The van der Waals surface area contributed by atoms with E-state index in [1.54, 1.807) is 11.8 Å². The molecule has 23 heavy (non-hydrogen) atoms. The number of hydrogen-bond donors (Lipinski definition) is 1. The summed E-state index contributed by atoms with van der Waals surface area (Å²) < 4.78 is 0. The molecule has 1 aliphatic rings. The van der Waals surface area contributed by atoms with Gasteiger partial charge in [0.1, 0.15) is 0 Å². The second-order valence-electron chi connectivity index (χ2n) is 6.80. The minimum Gasteiger partial charge on any atom is -0.353 e. The molecule has 3 unspecified atom stereocenters. The Morgan fingerprint density at radius 3 is 2.48 bits per heavy atom. The van der Waals surface area contributed by atoms with E-state index >= 15 is 0 Å². The Bertz CT molecular complexity index is 538. The molecule has 5 heteroatoms. The van der Waals surface area contributed by atoms with Crippen LogP contribution in [0.2, 0.25) is 0 Å². The number of rotatable bonds is 5. The first-order chi connectivity index (χ1) is 10.9. The van der Waals surface area contributed by atoms with Crippen LogP contribution in [-0.2, 0) is 11.2 Å². The summed E-state index contributed by atoms with van der Waals surface area (Å²) in [5.41, 5.74) is 3.10. The average Bonchev–Trinajstić information content (AvgIpc) is 2.50. The van der Waals surface area contributed by atoms with E-state index in [1.807, 2.05) is 20.1 Å². The third-order valence-electron chi connectivity index (χ3n) is 5.24. The molecule has 3 atom stereocenters. The largest absolute Gasteiger partial charge is 0.353 e. The highest BCUT2D eigenvalue weighted by atomic mass is 32.2. The maximum atomic E-state index is 12.3. The van der Waals surface area contributed by atoms with Gasteiger partial charge in [0.25, 0.3) is 0 Å². The van der Waals surface area contributed by atoms with Crippen molar-refractivity contribution in [2.75, 3.05) is 6.26 Å². The van der Waals surface area contributed by atoms with Crippen molar-refractivity contribution < 1.29 is 4.79 Å². The van der Waals surface area contributed by atoms with Gasteiger partial charge in [-0.1, -0.05) is 38.5 Å². The van der Waals surface area contributed by atoms with Crippen LogP contribution < -0.4 is 5.32 Å². The summed E-state index contributed by atoms with van der Waals surface area (Å²) >= 11 is 1.55. The van der Waals surface area contributed by atoms with E-state index in [-0.39, 0.29) is 5.91 Å². The summed E-state index contributed by atoms with van der Waals surface area (Å²) in [6.45, 7) is 8.57. The van der Waals surface area contributed by atoms with Crippen molar-refractivity contribution in [3.63, 3.8) is 0 Å². The topological polar surface area (TPSA) is 54.9 Å². The Balaban J connectivity index is 1.92. The van der Waals surface area contributed by atoms with Crippen LogP contribution in [0.15, 0.2) is 5.16 Å². The molecule has 0 radical (unpaired) electrons. The van der Waals surface area contributed by atoms with Crippen molar-refractivity contribution in [2.45, 2.75) is 71.0 Å². The zero-order valence-electron chi connectivity index (χ0n) is 15.0. The van der Waals surface area contributed by atoms with Gasteiger partial charge in [-0.3, -0.25) is 4.79 Å². The van der Waals surface area contributed by atoms with Crippen molar-refractivity contribution in [3.05, 3.63) is 17.0 Å². The third kappa shape index (κ3) is 4.69. The Hall–Kier alpha value is -1.10. The van der Waals surface area contributed by atoms with E-state index in [2.05, 4.69) is 29.1 Å². The highest BCUT2D eigenvalue weighted by molar-refractivity contribution is 7.98. The van der Waals surface area contributed by atoms with Crippen molar-refractivity contribution in [2.24, 2.45) is 11.8 Å². The lowest BCUT2D eigenvalue weighted by molar-refractivity contribution is -0.122. The molecule has 0 saturated heterocycles. The number of nitrogens with zero attached hydrogens (tertiary/aromatic N) is 2. The molecule has 1 heterocycles. The summed E-state index contributed by atoms with van der Waals surface area (Å²) in [5.74, 6) is 1.43. The molecule has 0 bridgehead atoms. The number of nitrogens with one attached hydrogen (secondary N) is 1. The van der Waals surface area contributed by atoms with Gasteiger partial charge in [0, 0.05) is 23.9 Å². The lowest BCUT2D eigenvalue weighted by Crippen LogP contribution is -2.43. The Morgan fingerprint density at radius 2 is 1.87 bits per heavy atom. The van der Waals surface area contributed by atoms with Crippen LogP contribution in [0.25, 0.3) is 0 Å². The molecule has 1 amide bonds. The van der Waals surface area contributed by atoms with Gasteiger partial charge in [0.15, 0.2) is 5.16 Å². The van der Waals surface area contributed by atoms with Gasteiger partial charge < -0.3 is 5.32 Å². The number of aromatic nitrogens is 2. The van der Waals surface area contributed by atoms with Crippen LogP contribution in [0.1, 0.15) is 56.5 Å². The predicted octanol–water partition coefficient (Wildman–Crippen LogP) is 3.69. The monoisotopic (exact) mass is 335 g/mol. The first-order valence-corrected chi connectivity index (χ1v) is 9.82. The van der Waals surface area contributed by atoms with Gasteiger partial charge in [-0.05, 0) is 50.3 Å². The highest BCUT2D eigenvalue weighted by Gasteiger charge is 2.28. The quantitative estimate of drug-likeness (QED) is 0.658. The van der Waals surface area contributed by atoms with Gasteiger partial charge in [-0.15, -0.1) is 0 Å². The molecule has 1 aromatic rings. The minimum atomic E-state index is 0.156. The van der Waals surface area contributed by atoms with Gasteiger partial charge in [-0.2, -0.15) is 0 Å². The van der Waals surface area contributed by atoms with Gasteiger partial charge >= 0.3 is 0 Å². The molecule has 2 rings (SSSR count). The average molecular weight is 336 g/mol. The fraction of sp³-hybridized carbons (Fsp3) is 0.722. The van der Waals surface area contributed by atoms with Crippen LogP contribution in [0.5, 0.6) is 0 Å². The van der Waals surface area contributed by atoms with Crippen LogP contribution in [0, 0.1) is 25.7 Å². The molecule has 1 N–H and O–H groups in total. The highest BCUT2D eigenvalue weighted by Crippen LogP contribution is 2.29. The van der Waals surface area contributed by atoms with Crippen LogP contribution >= 0.6 is 11.8 Å². The normalized spacial score (nSPS) is 24.5. The number of carbonyl (C=O) groups excluding carboxylic acids is 1. The van der Waals surface area contributed by atoms with Gasteiger partial charge in [0.05, 0.1) is 0 Å². The second-order valence-corrected chi connectivity index (χ2v) is 7.57. The Kier molecular flexibility index (Phi) is 6.45. The van der Waals surface area contributed by atoms with Crippen molar-refractivity contribution >= 4 is 17.7 Å². The number of carbonyl (C=O) groups is 1. The maximum absolute atomic E-state index is 12.3. The summed E-state index contributed by atoms with van der Waals surface area (Å²) in [6, 6.07) is 0.337. The fourth-order valence-electron chi connectivity index (χ4n) is 3.46. The third-order valence-corrected chi connectivity index (χ3v) is 5.79. The second kappa shape index (κ2) is 8.13. The van der Waals surface area contributed by atoms with E-state index in [0.29, 0.717) is 24.3 Å². The molecule has 4 nitrogen and oxygen atoms in total. The van der Waals surface area contributed by atoms with Crippen LogP contribution in [-0.4, -0.2) is 28.2 Å². The molecule has 128 valence electrons. The first-order valence-electron chi connectivity index (χ1n) is 8.59. The van der Waals surface area contributed by atoms with E-state index in [1.165, 1.54) is 12.8 Å². The van der Waals surface area contributed by atoms with Gasteiger partial charge in [-0.25, -0.2) is 9.97 Å². The lowest BCUT2D eigenvalue weighted by atomic mass is 9.78. The van der Waals surface area contributed by atoms with E-state index < -0.39 is 0 Å². The van der Waals surface area contributed by atoms with Crippen molar-refractivity contribution in [1.82, 2.24) is 15.3 Å². The summed E-state index contributed by atoms with van der Waals surface area (Å²) in [7, 11) is 0. The van der Waals surface area contributed by atoms with Crippen LogP contribution in [0.3, 0.4) is 0 Å². The molecular weight excluding hydrogens is 306 g/mol. The SMILES string of the molecule is CSc1nc(C)c(CCC(=O)NC2CCCC(C)C2C)c(C)n1. The molecule has 1 fully saturated rings. The zero-order chi connectivity index (χ0) is 17.0. The van der Waals surface area contributed by atoms with Crippen molar-refractivity contribution in [1.29, 1.82) is 0 Å². The number of hydrogen-bond acceptors (Lipinski definition) is 4. The zero-order valence-corrected chi connectivity index (χ0v) is 15.8. The smallest absolute Gasteiger partial charge is 0.220 e. The number of thioether (sulfide) groups is 1. The van der Waals surface area contributed by atoms with E-state index in [4.69, 9.17) is 0 Å². The minimum absolute atomic E-state index is 0.156. The Labute approximate surface area is 144 Å². The maximum Gasteiger partial charge on any atom is 0.220 e. The molecule has 1 saturated carbocycles. The lowest BCUT2D eigenvalue weighted by Gasteiger charge is -2.34. The summed E-state index contributed by atoms with van der Waals surface area (Å²) in [6.07, 6.45) is 6.83. The molecule has 1 aromatic heterocycles. The first kappa shape index (κ1) is 18.2. The van der Waals surface area contributed by atoms with E-state index in [9.17, 15) is 4.79 Å². The number of amides is 1. The molecule has 0 spiro atoms. The number of aryl methyl sites for hydroxylation is 2. The molecule has 0 aromatic carbocycles. The summed E-state index contributed by atoms with van der Waals surface area (Å²) in [5, 5.41) is 4.05. The predicted molar refractivity (Wildman–Crippen MR) is 95.7 cm³/mol. The molecule has 0 aliphatic heterocycles. The van der Waals surface area contributed by atoms with Crippen LogP contribution in [0.4, 0.5) is 0 Å². The van der Waals surface area contributed by atoms with E-state index in [0.717, 1.165) is 34.9 Å². The van der Waals surface area contributed by atoms with Gasteiger partial charge in [0.2, 0.25) is 5.91 Å².